The predicted octanol–water partition coefficient (Wildman–Crippen LogP) is 2.95. The van der Waals surface area contributed by atoms with Crippen molar-refractivity contribution in [3.63, 3.8) is 0 Å². The molecule has 21 heavy (non-hydrogen) atoms. The molecule has 0 atom stereocenters. The van der Waals surface area contributed by atoms with Crippen molar-refractivity contribution in [2.45, 2.75) is 53.4 Å². The normalized spacial score (nSPS) is 10.1. The Morgan fingerprint density at radius 1 is 0.714 bits per heavy atom. The van der Waals surface area contributed by atoms with Gasteiger partial charge < -0.3 is 10.2 Å². The summed E-state index contributed by atoms with van der Waals surface area (Å²) < 4.78 is 0. The first-order chi connectivity index (χ1) is 9.25. The van der Waals surface area contributed by atoms with Crippen LogP contribution in [-0.4, -0.2) is 22.2 Å². The smallest absolute Gasteiger partial charge is 0.303 e. The van der Waals surface area contributed by atoms with Crippen LogP contribution in [0.4, 0.5) is 0 Å². The summed E-state index contributed by atoms with van der Waals surface area (Å²) in [5.74, 6) is -1.62. The second kappa shape index (κ2) is 8.28. The zero-order valence-corrected chi connectivity index (χ0v) is 14.5. The quantitative estimate of drug-likeness (QED) is 0.743. The fraction of sp³-hybridized carbons (Fsp3) is 0.500. The Kier molecular flexibility index (Phi) is 7.80. The van der Waals surface area contributed by atoms with Gasteiger partial charge in [-0.15, -0.1) is 0 Å². The Balaban J connectivity index is 0.00000400. The number of carboxylic acids is 2. The summed E-state index contributed by atoms with van der Waals surface area (Å²) >= 11 is 0. The second-order valence-electron chi connectivity index (χ2n) is 5.24. The van der Waals surface area contributed by atoms with E-state index < -0.39 is 11.9 Å². The molecule has 0 amide bonds. The summed E-state index contributed by atoms with van der Waals surface area (Å²) in [4.78, 5) is 21.5. The first-order valence-corrected chi connectivity index (χ1v) is 6.77. The molecule has 0 bridgehead atoms. The Morgan fingerprint density at radius 3 is 1.33 bits per heavy atom. The fourth-order valence-corrected chi connectivity index (χ4v) is 2.69. The molecule has 0 unspecified atom stereocenters. The van der Waals surface area contributed by atoms with E-state index in [0.717, 1.165) is 33.4 Å². The molecule has 0 spiro atoms. The minimum atomic E-state index is -0.811. The maximum absolute atomic E-state index is 10.8. The van der Waals surface area contributed by atoms with Gasteiger partial charge in [-0.3, -0.25) is 9.59 Å². The van der Waals surface area contributed by atoms with Crippen LogP contribution in [-0.2, 0) is 41.9 Å². The molecular formula is C16H22O4Rh. The summed E-state index contributed by atoms with van der Waals surface area (Å²) in [5, 5.41) is 17.7. The Labute approximate surface area is 138 Å². The molecule has 2 N–H and O–H groups in total. The second-order valence-corrected chi connectivity index (χ2v) is 5.24. The Hall–Kier alpha value is -1.22. The molecule has 0 fully saturated rings. The molecule has 1 aromatic rings. The molecule has 5 heteroatoms. The van der Waals surface area contributed by atoms with Crippen LogP contribution in [0.1, 0.15) is 46.2 Å². The van der Waals surface area contributed by atoms with Crippen LogP contribution in [0, 0.1) is 27.7 Å². The molecule has 1 rings (SSSR count). The summed E-state index contributed by atoms with van der Waals surface area (Å²) in [5.41, 5.74) is 6.54. The minimum absolute atomic E-state index is 0. The van der Waals surface area contributed by atoms with E-state index in [2.05, 4.69) is 0 Å². The number of rotatable bonds is 6. The Morgan fingerprint density at radius 2 is 1.05 bits per heavy atom. The van der Waals surface area contributed by atoms with Gasteiger partial charge >= 0.3 is 11.9 Å². The SMILES string of the molecule is Cc1c(C)c(CCC(=O)O)c(C)c(CCC(=O)O)c1C.[Rh]. The molecular weight excluding hydrogens is 359 g/mol. The number of benzene rings is 1. The molecule has 0 saturated heterocycles. The van der Waals surface area contributed by atoms with Gasteiger partial charge in [0.1, 0.15) is 0 Å². The van der Waals surface area contributed by atoms with E-state index in [1.54, 1.807) is 0 Å². The van der Waals surface area contributed by atoms with Crippen LogP contribution in [0.3, 0.4) is 0 Å². The van der Waals surface area contributed by atoms with Crippen molar-refractivity contribution in [3.05, 3.63) is 33.4 Å². The van der Waals surface area contributed by atoms with Crippen molar-refractivity contribution < 1.29 is 39.3 Å². The van der Waals surface area contributed by atoms with Gasteiger partial charge in [0.2, 0.25) is 0 Å². The number of carbonyl (C=O) groups is 2. The van der Waals surface area contributed by atoms with Gasteiger partial charge in [-0.1, -0.05) is 0 Å². The molecule has 119 valence electrons. The van der Waals surface area contributed by atoms with Gasteiger partial charge in [0.05, 0.1) is 0 Å². The average molecular weight is 381 g/mol. The van der Waals surface area contributed by atoms with E-state index in [-0.39, 0.29) is 32.3 Å². The maximum atomic E-state index is 10.8. The summed E-state index contributed by atoms with van der Waals surface area (Å²) in [6, 6.07) is 0. The molecule has 4 nitrogen and oxygen atoms in total. The van der Waals surface area contributed by atoms with E-state index in [4.69, 9.17) is 10.2 Å². The fourth-order valence-electron chi connectivity index (χ4n) is 2.69. The average Bonchev–Trinajstić information content (AvgIpc) is 2.35. The molecule has 0 heterocycles. The van der Waals surface area contributed by atoms with Gasteiger partial charge in [0.15, 0.2) is 0 Å². The van der Waals surface area contributed by atoms with Crippen molar-refractivity contribution in [1.82, 2.24) is 0 Å². The van der Waals surface area contributed by atoms with Crippen molar-refractivity contribution in [2.24, 2.45) is 0 Å². The molecule has 0 saturated carbocycles. The van der Waals surface area contributed by atoms with Gasteiger partial charge in [0, 0.05) is 32.3 Å². The Bertz CT molecular complexity index is 505. The first-order valence-electron chi connectivity index (χ1n) is 6.77. The van der Waals surface area contributed by atoms with Gasteiger partial charge in [-0.2, -0.15) is 0 Å². The van der Waals surface area contributed by atoms with Crippen LogP contribution in [0.25, 0.3) is 0 Å². The van der Waals surface area contributed by atoms with Crippen LogP contribution in [0.5, 0.6) is 0 Å². The maximum Gasteiger partial charge on any atom is 0.303 e. The predicted molar refractivity (Wildman–Crippen MR) is 77.3 cm³/mol. The molecule has 0 aliphatic carbocycles. The van der Waals surface area contributed by atoms with E-state index in [0.29, 0.717) is 12.8 Å². The van der Waals surface area contributed by atoms with Gasteiger partial charge in [-0.25, -0.2) is 0 Å². The summed E-state index contributed by atoms with van der Waals surface area (Å²) in [6.45, 7) is 7.99. The van der Waals surface area contributed by atoms with E-state index in [9.17, 15) is 9.59 Å². The number of hydrogen-bond acceptors (Lipinski definition) is 2. The number of aliphatic carboxylic acids is 2. The molecule has 0 aromatic heterocycles. The molecule has 0 aliphatic rings. The summed E-state index contributed by atoms with van der Waals surface area (Å²) in [7, 11) is 0. The monoisotopic (exact) mass is 381 g/mol. The zero-order valence-electron chi connectivity index (χ0n) is 12.9. The van der Waals surface area contributed by atoms with Crippen molar-refractivity contribution in [3.8, 4) is 0 Å². The van der Waals surface area contributed by atoms with E-state index >= 15 is 0 Å². The molecule has 1 aromatic carbocycles. The number of carboxylic acid groups (broad SMARTS) is 2. The third-order valence-corrected chi connectivity index (χ3v) is 4.11. The largest absolute Gasteiger partial charge is 0.481 e. The summed E-state index contributed by atoms with van der Waals surface area (Å²) in [6.07, 6.45) is 1.19. The minimum Gasteiger partial charge on any atom is -0.481 e. The van der Waals surface area contributed by atoms with Crippen molar-refractivity contribution in [1.29, 1.82) is 0 Å². The third kappa shape index (κ3) is 4.92. The molecule has 0 aliphatic heterocycles. The molecule has 1 radical (unpaired) electrons. The van der Waals surface area contributed by atoms with Crippen LogP contribution in [0.15, 0.2) is 0 Å². The van der Waals surface area contributed by atoms with Crippen LogP contribution >= 0.6 is 0 Å². The number of hydrogen-bond donors (Lipinski definition) is 2. The first kappa shape index (κ1) is 19.8. The van der Waals surface area contributed by atoms with E-state index in [1.807, 2.05) is 27.7 Å². The van der Waals surface area contributed by atoms with E-state index in [1.165, 1.54) is 0 Å². The van der Waals surface area contributed by atoms with Gasteiger partial charge in [-0.05, 0) is 73.9 Å². The van der Waals surface area contributed by atoms with Crippen LogP contribution < -0.4 is 0 Å². The van der Waals surface area contributed by atoms with Gasteiger partial charge in [0.25, 0.3) is 0 Å². The van der Waals surface area contributed by atoms with Crippen molar-refractivity contribution in [2.75, 3.05) is 0 Å². The standard InChI is InChI=1S/C16H22O4.Rh/c1-9-10(2)13(5-7-15(17)18)12(4)14(11(9)3)6-8-16(19)20;/h5-8H2,1-4H3,(H,17,18)(H,19,20);. The van der Waals surface area contributed by atoms with Crippen LogP contribution in [0.2, 0.25) is 0 Å². The van der Waals surface area contributed by atoms with Crippen molar-refractivity contribution >= 4 is 11.9 Å². The topological polar surface area (TPSA) is 74.6 Å². The third-order valence-electron chi connectivity index (χ3n) is 4.11. The zero-order chi connectivity index (χ0) is 15.4.